The van der Waals surface area contributed by atoms with Crippen LogP contribution in [0, 0.1) is 11.3 Å². The molecule has 1 aliphatic carbocycles. The summed E-state index contributed by atoms with van der Waals surface area (Å²) in [6.07, 6.45) is 4.34. The summed E-state index contributed by atoms with van der Waals surface area (Å²) in [7, 11) is 2.06. The maximum Gasteiger partial charge on any atom is 0.00895 e. The van der Waals surface area contributed by atoms with E-state index in [1.54, 1.807) is 0 Å². The fourth-order valence-electron chi connectivity index (χ4n) is 1.88. The zero-order valence-electron chi connectivity index (χ0n) is 8.28. The van der Waals surface area contributed by atoms with Gasteiger partial charge in [-0.1, -0.05) is 20.3 Å². The van der Waals surface area contributed by atoms with E-state index in [0.29, 0.717) is 11.5 Å². The highest BCUT2D eigenvalue weighted by Crippen LogP contribution is 2.43. The average Bonchev–Trinajstić information content (AvgIpc) is 1.81. The predicted molar refractivity (Wildman–Crippen MR) is 49.6 cm³/mol. The quantitative estimate of drug-likeness (QED) is 0.660. The fourth-order valence-corrected chi connectivity index (χ4v) is 1.88. The molecule has 1 rings (SSSR count). The van der Waals surface area contributed by atoms with Crippen molar-refractivity contribution in [3.8, 4) is 0 Å². The third-order valence-corrected chi connectivity index (χ3v) is 3.71. The number of hydrogen-bond acceptors (Lipinski definition) is 1. The van der Waals surface area contributed by atoms with Gasteiger partial charge in [-0.15, -0.1) is 0 Å². The number of nitrogens with one attached hydrogen (secondary N) is 1. The largest absolute Gasteiger partial charge is 0.317 e. The van der Waals surface area contributed by atoms with E-state index in [9.17, 15) is 0 Å². The third kappa shape index (κ3) is 1.58. The molecule has 1 aliphatic rings. The van der Waals surface area contributed by atoms with Crippen LogP contribution in [0.15, 0.2) is 0 Å². The van der Waals surface area contributed by atoms with Crippen LogP contribution in [0.1, 0.15) is 40.0 Å². The van der Waals surface area contributed by atoms with Crippen molar-refractivity contribution in [3.63, 3.8) is 0 Å². The molecule has 1 unspecified atom stereocenters. The molecule has 0 spiro atoms. The third-order valence-electron chi connectivity index (χ3n) is 3.71. The SMILES string of the molecule is CNC(C)C(C)(C)C1CCC1. The topological polar surface area (TPSA) is 12.0 Å². The van der Waals surface area contributed by atoms with Crippen LogP contribution in [-0.2, 0) is 0 Å². The Morgan fingerprint density at radius 1 is 1.36 bits per heavy atom. The summed E-state index contributed by atoms with van der Waals surface area (Å²) < 4.78 is 0. The highest BCUT2D eigenvalue weighted by atomic mass is 14.9. The Kier molecular flexibility index (Phi) is 2.58. The maximum atomic E-state index is 3.35. The predicted octanol–water partition coefficient (Wildman–Crippen LogP) is 2.42. The molecule has 0 amide bonds. The Balaban J connectivity index is 2.49. The standard InChI is InChI=1S/C10H21N/c1-8(11-4)10(2,3)9-6-5-7-9/h8-9,11H,5-7H2,1-4H3. The van der Waals surface area contributed by atoms with E-state index in [1.807, 2.05) is 0 Å². The first-order chi connectivity index (χ1) is 5.09. The summed E-state index contributed by atoms with van der Waals surface area (Å²) >= 11 is 0. The molecule has 1 N–H and O–H groups in total. The first kappa shape index (κ1) is 9.05. The van der Waals surface area contributed by atoms with Gasteiger partial charge in [-0.3, -0.25) is 0 Å². The Morgan fingerprint density at radius 3 is 2.18 bits per heavy atom. The Bertz CT molecular complexity index is 118. The van der Waals surface area contributed by atoms with Crippen LogP contribution >= 0.6 is 0 Å². The van der Waals surface area contributed by atoms with Crippen LogP contribution in [0.2, 0.25) is 0 Å². The van der Waals surface area contributed by atoms with Gasteiger partial charge < -0.3 is 5.32 Å². The van der Waals surface area contributed by atoms with Crippen LogP contribution < -0.4 is 5.32 Å². The summed E-state index contributed by atoms with van der Waals surface area (Å²) in [6, 6.07) is 0.646. The van der Waals surface area contributed by atoms with Crippen molar-refractivity contribution in [2.24, 2.45) is 11.3 Å². The van der Waals surface area contributed by atoms with Crippen LogP contribution in [0.5, 0.6) is 0 Å². The van der Waals surface area contributed by atoms with E-state index in [4.69, 9.17) is 0 Å². The van der Waals surface area contributed by atoms with Crippen molar-refractivity contribution in [1.82, 2.24) is 5.32 Å². The van der Waals surface area contributed by atoms with E-state index < -0.39 is 0 Å². The van der Waals surface area contributed by atoms with Crippen LogP contribution in [-0.4, -0.2) is 13.1 Å². The van der Waals surface area contributed by atoms with E-state index in [0.717, 1.165) is 5.92 Å². The summed E-state index contributed by atoms with van der Waals surface area (Å²) in [6.45, 7) is 7.06. The van der Waals surface area contributed by atoms with Gasteiger partial charge in [0.15, 0.2) is 0 Å². The van der Waals surface area contributed by atoms with Gasteiger partial charge in [-0.05, 0) is 38.1 Å². The molecule has 1 atom stereocenters. The zero-order valence-corrected chi connectivity index (χ0v) is 8.28. The molecule has 0 aromatic heterocycles. The maximum absolute atomic E-state index is 3.35. The molecule has 0 aromatic carbocycles. The normalized spacial score (nSPS) is 22.9. The molecule has 0 aliphatic heterocycles. The lowest BCUT2D eigenvalue weighted by atomic mass is 9.64. The van der Waals surface area contributed by atoms with E-state index in [-0.39, 0.29) is 0 Å². The summed E-state index contributed by atoms with van der Waals surface area (Å²) in [5.41, 5.74) is 0.493. The lowest BCUT2D eigenvalue weighted by Gasteiger charge is -2.44. The highest BCUT2D eigenvalue weighted by Gasteiger charge is 2.37. The van der Waals surface area contributed by atoms with Crippen LogP contribution in [0.25, 0.3) is 0 Å². The minimum Gasteiger partial charge on any atom is -0.317 e. The van der Waals surface area contributed by atoms with Gasteiger partial charge in [0.05, 0.1) is 0 Å². The van der Waals surface area contributed by atoms with E-state index in [1.165, 1.54) is 19.3 Å². The zero-order chi connectivity index (χ0) is 8.48. The molecule has 0 bridgehead atoms. The molecule has 1 nitrogen and oxygen atoms in total. The molecule has 1 fully saturated rings. The smallest absolute Gasteiger partial charge is 0.00895 e. The molecule has 0 radical (unpaired) electrons. The molecule has 11 heavy (non-hydrogen) atoms. The van der Waals surface area contributed by atoms with Gasteiger partial charge in [-0.25, -0.2) is 0 Å². The van der Waals surface area contributed by atoms with Gasteiger partial charge in [0.1, 0.15) is 0 Å². The number of rotatable bonds is 3. The fraction of sp³-hybridized carbons (Fsp3) is 1.00. The second kappa shape index (κ2) is 3.14. The van der Waals surface area contributed by atoms with Gasteiger partial charge >= 0.3 is 0 Å². The van der Waals surface area contributed by atoms with Gasteiger partial charge in [0, 0.05) is 6.04 Å². The van der Waals surface area contributed by atoms with E-state index in [2.05, 4.69) is 33.1 Å². The highest BCUT2D eigenvalue weighted by molar-refractivity contribution is 4.90. The van der Waals surface area contributed by atoms with Crippen molar-refractivity contribution in [2.75, 3.05) is 7.05 Å². The van der Waals surface area contributed by atoms with Crippen molar-refractivity contribution >= 4 is 0 Å². The van der Waals surface area contributed by atoms with Gasteiger partial charge in [0.2, 0.25) is 0 Å². The van der Waals surface area contributed by atoms with Gasteiger partial charge in [-0.2, -0.15) is 0 Å². The first-order valence-corrected chi connectivity index (χ1v) is 4.76. The number of hydrogen-bond donors (Lipinski definition) is 1. The van der Waals surface area contributed by atoms with Crippen LogP contribution in [0.4, 0.5) is 0 Å². The minimum absolute atomic E-state index is 0.493. The van der Waals surface area contributed by atoms with Crippen molar-refractivity contribution in [3.05, 3.63) is 0 Å². The lowest BCUT2D eigenvalue weighted by molar-refractivity contribution is 0.0858. The summed E-state index contributed by atoms with van der Waals surface area (Å²) in [5, 5.41) is 3.35. The summed E-state index contributed by atoms with van der Waals surface area (Å²) in [4.78, 5) is 0. The molecule has 66 valence electrons. The second-order valence-corrected chi connectivity index (χ2v) is 4.46. The van der Waals surface area contributed by atoms with Crippen molar-refractivity contribution in [1.29, 1.82) is 0 Å². The molecule has 0 heterocycles. The lowest BCUT2D eigenvalue weighted by Crippen LogP contribution is -2.44. The molecule has 1 heteroatoms. The Morgan fingerprint density at radius 2 is 1.91 bits per heavy atom. The second-order valence-electron chi connectivity index (χ2n) is 4.46. The molecule has 0 aromatic rings. The Hall–Kier alpha value is -0.0400. The van der Waals surface area contributed by atoms with E-state index >= 15 is 0 Å². The summed E-state index contributed by atoms with van der Waals surface area (Å²) in [5.74, 6) is 0.963. The average molecular weight is 155 g/mol. The van der Waals surface area contributed by atoms with Gasteiger partial charge in [0.25, 0.3) is 0 Å². The molecular weight excluding hydrogens is 134 g/mol. The molecular formula is C10H21N. The monoisotopic (exact) mass is 155 g/mol. The Labute approximate surface area is 70.6 Å². The van der Waals surface area contributed by atoms with Crippen molar-refractivity contribution in [2.45, 2.75) is 46.1 Å². The van der Waals surface area contributed by atoms with Crippen LogP contribution in [0.3, 0.4) is 0 Å². The first-order valence-electron chi connectivity index (χ1n) is 4.76. The van der Waals surface area contributed by atoms with Crippen molar-refractivity contribution < 1.29 is 0 Å². The molecule has 1 saturated carbocycles. The molecule has 0 saturated heterocycles. The minimum atomic E-state index is 0.493.